The molecule has 28 heavy (non-hydrogen) atoms. The van der Waals surface area contributed by atoms with Gasteiger partial charge in [0, 0.05) is 25.2 Å². The van der Waals surface area contributed by atoms with E-state index < -0.39 is 18.3 Å². The first-order chi connectivity index (χ1) is 13.4. The van der Waals surface area contributed by atoms with Crippen LogP contribution in [-0.4, -0.2) is 39.5 Å². The Morgan fingerprint density at radius 2 is 2.11 bits per heavy atom. The number of hydrogen-bond donors (Lipinski definition) is 4. The molecule has 1 fully saturated rings. The van der Waals surface area contributed by atoms with Gasteiger partial charge in [0.05, 0.1) is 18.3 Å². The molecule has 5 atom stereocenters. The maximum atomic E-state index is 10.7. The Balaban J connectivity index is 1.81. The number of aliphatic hydroxyl groups excluding tert-OH is 3. The molecule has 156 valence electrons. The number of hydrogen-bond acceptors (Lipinski definition) is 5. The van der Waals surface area contributed by atoms with E-state index in [9.17, 15) is 20.1 Å². The van der Waals surface area contributed by atoms with Gasteiger partial charge in [0.1, 0.15) is 11.5 Å². The van der Waals surface area contributed by atoms with Gasteiger partial charge in [-0.2, -0.15) is 0 Å². The van der Waals surface area contributed by atoms with Crippen LogP contribution in [0, 0.1) is 18.8 Å². The monoisotopic (exact) mass is 391 g/mol. The zero-order chi connectivity index (χ0) is 20.5. The maximum Gasteiger partial charge on any atom is 0.217 e. The van der Waals surface area contributed by atoms with Gasteiger partial charge in [-0.25, -0.2) is 0 Å². The summed E-state index contributed by atoms with van der Waals surface area (Å²) >= 11 is 0. The molecule has 0 unspecified atom stereocenters. The number of carbonyl (C=O) groups excluding carboxylic acids is 1. The molecule has 0 spiro atoms. The molecule has 1 heterocycles. The summed E-state index contributed by atoms with van der Waals surface area (Å²) in [5, 5.41) is 30.7. The third-order valence-corrected chi connectivity index (χ3v) is 5.32. The number of amides is 1. The summed E-state index contributed by atoms with van der Waals surface area (Å²) in [7, 11) is 0. The number of nitrogens with two attached hydrogens (primary N) is 1. The normalized spacial score (nSPS) is 26.4. The fourth-order valence-electron chi connectivity index (χ4n) is 3.73. The van der Waals surface area contributed by atoms with Crippen molar-refractivity contribution in [3.8, 4) is 0 Å². The van der Waals surface area contributed by atoms with Crippen LogP contribution < -0.4 is 5.73 Å². The summed E-state index contributed by atoms with van der Waals surface area (Å²) in [5.74, 6) is 1.13. The summed E-state index contributed by atoms with van der Waals surface area (Å²) in [6, 6.07) is 3.81. The molecule has 0 aromatic carbocycles. The molecule has 1 aromatic heterocycles. The predicted molar refractivity (Wildman–Crippen MR) is 107 cm³/mol. The summed E-state index contributed by atoms with van der Waals surface area (Å²) in [6.45, 7) is 1.89. The van der Waals surface area contributed by atoms with Crippen LogP contribution in [0.25, 0.3) is 0 Å². The second-order valence-corrected chi connectivity index (χ2v) is 7.68. The maximum absolute atomic E-state index is 10.7. The standard InChI is InChI=1S/C22H33NO5/c1-15-8-11-17(28-15)12-9-16(24)10-13-19-18(20(25)14-21(19)26)6-4-2-3-5-7-22(23)27/h2,4,8,10-11,13,16,18-21,24-26H,3,5-7,9,12,14H2,1H3,(H2,23,27)/b4-2-,13-10+/t16-,18+,19+,20-,21+/m0/s1. The lowest BCUT2D eigenvalue weighted by molar-refractivity contribution is -0.118. The zero-order valence-corrected chi connectivity index (χ0v) is 16.5. The summed E-state index contributed by atoms with van der Waals surface area (Å²) in [5.41, 5.74) is 5.11. The first-order valence-corrected chi connectivity index (χ1v) is 10.1. The van der Waals surface area contributed by atoms with Gasteiger partial charge in [0.15, 0.2) is 0 Å². The molecule has 0 aliphatic heterocycles. The van der Waals surface area contributed by atoms with Gasteiger partial charge < -0.3 is 25.5 Å². The fourth-order valence-corrected chi connectivity index (χ4v) is 3.73. The number of rotatable bonds is 11. The lowest BCUT2D eigenvalue weighted by Crippen LogP contribution is -2.20. The molecular weight excluding hydrogens is 358 g/mol. The highest BCUT2D eigenvalue weighted by atomic mass is 16.3. The van der Waals surface area contributed by atoms with Gasteiger partial charge >= 0.3 is 0 Å². The van der Waals surface area contributed by atoms with Crippen LogP contribution in [-0.2, 0) is 11.2 Å². The van der Waals surface area contributed by atoms with Crippen LogP contribution in [0.15, 0.2) is 40.9 Å². The average molecular weight is 392 g/mol. The minimum atomic E-state index is -0.625. The van der Waals surface area contributed by atoms with E-state index in [1.54, 1.807) is 6.08 Å². The van der Waals surface area contributed by atoms with E-state index >= 15 is 0 Å². The Morgan fingerprint density at radius 3 is 2.79 bits per heavy atom. The molecule has 6 heteroatoms. The Labute approximate surface area is 166 Å². The molecule has 0 saturated heterocycles. The van der Waals surface area contributed by atoms with Gasteiger partial charge in [0.2, 0.25) is 5.91 Å². The van der Waals surface area contributed by atoms with Crippen molar-refractivity contribution in [2.45, 2.75) is 70.2 Å². The quantitative estimate of drug-likeness (QED) is 0.341. The molecule has 1 saturated carbocycles. The third kappa shape index (κ3) is 7.26. The number of aryl methyl sites for hydroxylation is 2. The molecular formula is C22H33NO5. The van der Waals surface area contributed by atoms with E-state index in [2.05, 4.69) is 0 Å². The highest BCUT2D eigenvalue weighted by molar-refractivity contribution is 5.73. The van der Waals surface area contributed by atoms with E-state index in [-0.39, 0.29) is 17.7 Å². The van der Waals surface area contributed by atoms with E-state index in [1.807, 2.05) is 37.3 Å². The van der Waals surface area contributed by atoms with Crippen molar-refractivity contribution in [2.75, 3.05) is 0 Å². The second-order valence-electron chi connectivity index (χ2n) is 7.68. The Bertz CT molecular complexity index is 666. The number of aliphatic hydroxyl groups is 3. The Morgan fingerprint density at radius 1 is 1.32 bits per heavy atom. The molecule has 0 bridgehead atoms. The average Bonchev–Trinajstić information content (AvgIpc) is 3.16. The van der Waals surface area contributed by atoms with Crippen molar-refractivity contribution in [1.29, 1.82) is 0 Å². The Hall–Kier alpha value is -1.89. The summed E-state index contributed by atoms with van der Waals surface area (Å²) < 4.78 is 5.50. The van der Waals surface area contributed by atoms with Gasteiger partial charge in [-0.05, 0) is 50.7 Å². The number of allylic oxidation sites excluding steroid dienone is 2. The molecule has 1 amide bonds. The SMILES string of the molecule is Cc1ccc(CC[C@H](O)/C=C/[C@@H]2[C@@H](C/C=C\CCCC(N)=O)[C@@H](O)C[C@H]2O)o1. The van der Waals surface area contributed by atoms with Gasteiger partial charge in [-0.15, -0.1) is 0 Å². The molecule has 1 aromatic rings. The molecule has 1 aliphatic carbocycles. The number of carbonyl (C=O) groups is 1. The Kier molecular flexibility index (Phi) is 8.96. The van der Waals surface area contributed by atoms with Gasteiger partial charge in [0.25, 0.3) is 0 Å². The lowest BCUT2D eigenvalue weighted by atomic mass is 9.89. The van der Waals surface area contributed by atoms with Gasteiger partial charge in [-0.1, -0.05) is 24.3 Å². The minimum absolute atomic E-state index is 0.0847. The van der Waals surface area contributed by atoms with Crippen molar-refractivity contribution in [1.82, 2.24) is 0 Å². The third-order valence-electron chi connectivity index (χ3n) is 5.32. The highest BCUT2D eigenvalue weighted by Crippen LogP contribution is 2.36. The van der Waals surface area contributed by atoms with Crippen molar-refractivity contribution in [3.05, 3.63) is 48.0 Å². The largest absolute Gasteiger partial charge is 0.466 e. The first kappa shape index (κ1) is 22.4. The van der Waals surface area contributed by atoms with Crippen molar-refractivity contribution < 1.29 is 24.5 Å². The van der Waals surface area contributed by atoms with E-state index in [0.717, 1.165) is 17.9 Å². The predicted octanol–water partition coefficient (Wildman–Crippen LogP) is 2.40. The highest BCUT2D eigenvalue weighted by Gasteiger charge is 2.39. The zero-order valence-electron chi connectivity index (χ0n) is 16.5. The first-order valence-electron chi connectivity index (χ1n) is 10.1. The van der Waals surface area contributed by atoms with Crippen LogP contribution in [0.5, 0.6) is 0 Å². The second kappa shape index (κ2) is 11.2. The number of primary amides is 1. The van der Waals surface area contributed by atoms with Crippen LogP contribution >= 0.6 is 0 Å². The van der Waals surface area contributed by atoms with E-state index in [4.69, 9.17) is 10.2 Å². The topological polar surface area (TPSA) is 117 Å². The van der Waals surface area contributed by atoms with E-state index in [0.29, 0.717) is 38.5 Å². The minimum Gasteiger partial charge on any atom is -0.466 e. The van der Waals surface area contributed by atoms with Crippen LogP contribution in [0.1, 0.15) is 50.0 Å². The van der Waals surface area contributed by atoms with Crippen LogP contribution in [0.3, 0.4) is 0 Å². The number of furan rings is 1. The van der Waals surface area contributed by atoms with Gasteiger partial charge in [-0.3, -0.25) is 4.79 Å². The van der Waals surface area contributed by atoms with Crippen LogP contribution in [0.2, 0.25) is 0 Å². The molecule has 2 rings (SSSR count). The smallest absolute Gasteiger partial charge is 0.217 e. The summed E-state index contributed by atoms with van der Waals surface area (Å²) in [4.78, 5) is 10.7. The molecule has 6 nitrogen and oxygen atoms in total. The molecule has 1 aliphatic rings. The summed E-state index contributed by atoms with van der Waals surface area (Å²) in [6.07, 6.45) is 9.75. The molecule has 0 radical (unpaired) electrons. The van der Waals surface area contributed by atoms with Crippen LogP contribution in [0.4, 0.5) is 0 Å². The fraction of sp³-hybridized carbons (Fsp3) is 0.591. The van der Waals surface area contributed by atoms with Crippen molar-refractivity contribution in [2.24, 2.45) is 17.6 Å². The van der Waals surface area contributed by atoms with Crippen molar-refractivity contribution >= 4 is 5.91 Å². The molecule has 5 N–H and O–H groups in total. The lowest BCUT2D eigenvalue weighted by Gasteiger charge is -2.19. The van der Waals surface area contributed by atoms with Crippen molar-refractivity contribution in [3.63, 3.8) is 0 Å². The van der Waals surface area contributed by atoms with E-state index in [1.165, 1.54) is 0 Å². The number of unbranched alkanes of at least 4 members (excludes halogenated alkanes) is 1.